The van der Waals surface area contributed by atoms with Gasteiger partial charge in [-0.05, 0) is 26.2 Å². The molecule has 5 heteroatoms. The summed E-state index contributed by atoms with van der Waals surface area (Å²) < 4.78 is 0. The van der Waals surface area contributed by atoms with Gasteiger partial charge in [0.15, 0.2) is 0 Å². The molecule has 0 bridgehead atoms. The zero-order chi connectivity index (χ0) is 13.9. The Labute approximate surface area is 119 Å². The molecule has 0 aliphatic carbocycles. The summed E-state index contributed by atoms with van der Waals surface area (Å²) in [6, 6.07) is 8.62. The van der Waals surface area contributed by atoms with Gasteiger partial charge in [-0.3, -0.25) is 4.90 Å². The minimum absolute atomic E-state index is 0.516. The van der Waals surface area contributed by atoms with Gasteiger partial charge in [-0.25, -0.2) is 9.97 Å². The highest BCUT2D eigenvalue weighted by atomic mass is 15.3. The van der Waals surface area contributed by atoms with Crippen molar-refractivity contribution in [3.8, 4) is 0 Å². The summed E-state index contributed by atoms with van der Waals surface area (Å²) in [7, 11) is 4.37. The van der Waals surface area contributed by atoms with Crippen LogP contribution in [0.3, 0.4) is 0 Å². The van der Waals surface area contributed by atoms with Crippen LogP contribution in [-0.2, 0) is 0 Å². The van der Waals surface area contributed by atoms with Gasteiger partial charge in [0.25, 0.3) is 0 Å². The zero-order valence-corrected chi connectivity index (χ0v) is 12.1. The maximum absolute atomic E-state index is 4.38. The highest BCUT2D eigenvalue weighted by molar-refractivity contribution is 5.88. The van der Waals surface area contributed by atoms with E-state index in [1.165, 1.54) is 0 Å². The molecule has 1 aliphatic heterocycles. The Bertz CT molecular complexity index is 580. The molecule has 1 aromatic carbocycles. The molecule has 2 aromatic rings. The topological polar surface area (TPSA) is 44.3 Å². The van der Waals surface area contributed by atoms with Crippen LogP contribution in [0.15, 0.2) is 30.6 Å². The molecule has 1 aliphatic rings. The Morgan fingerprint density at radius 1 is 1.20 bits per heavy atom. The van der Waals surface area contributed by atoms with E-state index in [2.05, 4.69) is 45.2 Å². The van der Waals surface area contributed by atoms with Crippen LogP contribution in [0.5, 0.6) is 0 Å². The van der Waals surface area contributed by atoms with Crippen LogP contribution in [0.4, 0.5) is 5.82 Å². The highest BCUT2D eigenvalue weighted by Gasteiger charge is 2.21. The van der Waals surface area contributed by atoms with E-state index in [0.29, 0.717) is 6.04 Å². The van der Waals surface area contributed by atoms with E-state index >= 15 is 0 Å². The molecule has 0 amide bonds. The van der Waals surface area contributed by atoms with Crippen molar-refractivity contribution in [2.24, 2.45) is 0 Å². The Balaban J connectivity index is 1.73. The molecule has 20 heavy (non-hydrogen) atoms. The fourth-order valence-electron chi connectivity index (χ4n) is 2.68. The Kier molecular flexibility index (Phi) is 3.80. The minimum atomic E-state index is 0.516. The van der Waals surface area contributed by atoms with Crippen molar-refractivity contribution in [2.45, 2.75) is 6.04 Å². The van der Waals surface area contributed by atoms with E-state index in [9.17, 15) is 0 Å². The van der Waals surface area contributed by atoms with Crippen molar-refractivity contribution in [1.82, 2.24) is 19.8 Å². The van der Waals surface area contributed by atoms with Crippen molar-refractivity contribution in [3.05, 3.63) is 30.6 Å². The van der Waals surface area contributed by atoms with Crippen LogP contribution in [0.25, 0.3) is 10.9 Å². The van der Waals surface area contributed by atoms with Gasteiger partial charge in [-0.1, -0.05) is 12.1 Å². The number of aromatic nitrogens is 2. The summed E-state index contributed by atoms with van der Waals surface area (Å²) in [5.74, 6) is 0.928. The minimum Gasteiger partial charge on any atom is -0.368 e. The molecule has 0 spiro atoms. The van der Waals surface area contributed by atoms with Crippen molar-refractivity contribution in [2.75, 3.05) is 45.6 Å². The number of rotatable bonds is 3. The van der Waals surface area contributed by atoms with Crippen LogP contribution in [0.2, 0.25) is 0 Å². The molecule has 2 heterocycles. The Hall–Kier alpha value is -1.72. The Morgan fingerprint density at radius 3 is 2.95 bits per heavy atom. The molecule has 106 valence electrons. The SMILES string of the molecule is CN1CCN(C)C(CNc2ncnc3ccccc23)C1. The summed E-state index contributed by atoms with van der Waals surface area (Å²) >= 11 is 0. The number of hydrogen-bond donors (Lipinski definition) is 1. The van der Waals surface area contributed by atoms with E-state index in [1.54, 1.807) is 6.33 Å². The fourth-order valence-corrected chi connectivity index (χ4v) is 2.68. The maximum Gasteiger partial charge on any atom is 0.137 e. The second kappa shape index (κ2) is 5.73. The number of piperazine rings is 1. The van der Waals surface area contributed by atoms with Gasteiger partial charge < -0.3 is 10.2 Å². The monoisotopic (exact) mass is 271 g/mol. The van der Waals surface area contributed by atoms with Crippen LogP contribution in [-0.4, -0.2) is 66.1 Å². The van der Waals surface area contributed by atoms with E-state index in [1.807, 2.05) is 18.2 Å². The molecule has 1 atom stereocenters. The lowest BCUT2D eigenvalue weighted by atomic mass is 10.2. The summed E-state index contributed by atoms with van der Waals surface area (Å²) in [5, 5.41) is 4.57. The predicted molar refractivity (Wildman–Crippen MR) is 81.9 cm³/mol. The molecule has 1 saturated heterocycles. The summed E-state index contributed by atoms with van der Waals surface area (Å²) in [4.78, 5) is 13.5. The third-order valence-electron chi connectivity index (χ3n) is 4.03. The number of likely N-dealkylation sites (N-methyl/N-ethyl adjacent to an activating group) is 2. The zero-order valence-electron chi connectivity index (χ0n) is 12.1. The molecule has 1 fully saturated rings. The second-order valence-electron chi connectivity index (χ2n) is 5.52. The third kappa shape index (κ3) is 2.73. The first-order valence-electron chi connectivity index (χ1n) is 7.06. The van der Waals surface area contributed by atoms with Gasteiger partial charge in [-0.15, -0.1) is 0 Å². The predicted octanol–water partition coefficient (Wildman–Crippen LogP) is 1.29. The first-order valence-corrected chi connectivity index (χ1v) is 7.06. The number of nitrogens with zero attached hydrogens (tertiary/aromatic N) is 4. The van der Waals surface area contributed by atoms with E-state index in [0.717, 1.165) is 42.9 Å². The molecule has 1 N–H and O–H groups in total. The average molecular weight is 271 g/mol. The molecular formula is C15H21N5. The average Bonchev–Trinajstić information content (AvgIpc) is 2.48. The summed E-state index contributed by atoms with van der Waals surface area (Å²) in [6.07, 6.45) is 1.63. The summed E-state index contributed by atoms with van der Waals surface area (Å²) in [6.45, 7) is 4.26. The van der Waals surface area contributed by atoms with Crippen molar-refractivity contribution < 1.29 is 0 Å². The van der Waals surface area contributed by atoms with Gasteiger partial charge in [0.05, 0.1) is 5.52 Å². The van der Waals surface area contributed by atoms with Crippen molar-refractivity contribution in [1.29, 1.82) is 0 Å². The van der Waals surface area contributed by atoms with E-state index < -0.39 is 0 Å². The molecule has 3 rings (SSSR count). The molecule has 0 radical (unpaired) electrons. The van der Waals surface area contributed by atoms with Gasteiger partial charge in [0, 0.05) is 37.6 Å². The number of benzene rings is 1. The molecule has 0 saturated carbocycles. The number of nitrogens with one attached hydrogen (secondary N) is 1. The lowest BCUT2D eigenvalue weighted by Gasteiger charge is -2.37. The second-order valence-corrected chi connectivity index (χ2v) is 5.52. The number of para-hydroxylation sites is 1. The van der Waals surface area contributed by atoms with Gasteiger partial charge in [0.2, 0.25) is 0 Å². The van der Waals surface area contributed by atoms with Crippen LogP contribution < -0.4 is 5.32 Å². The largest absolute Gasteiger partial charge is 0.368 e. The number of anilines is 1. The van der Waals surface area contributed by atoms with Gasteiger partial charge in [-0.2, -0.15) is 0 Å². The van der Waals surface area contributed by atoms with Crippen molar-refractivity contribution in [3.63, 3.8) is 0 Å². The number of hydrogen-bond acceptors (Lipinski definition) is 5. The van der Waals surface area contributed by atoms with Gasteiger partial charge in [0.1, 0.15) is 12.1 Å². The maximum atomic E-state index is 4.38. The standard InChI is InChI=1S/C15H21N5/c1-19-7-8-20(2)12(10-19)9-16-15-13-5-3-4-6-14(13)17-11-18-15/h3-6,11-12H,7-10H2,1-2H3,(H,16,17,18). The molecule has 5 nitrogen and oxygen atoms in total. The fraction of sp³-hybridized carbons (Fsp3) is 0.467. The normalized spacial score (nSPS) is 21.2. The van der Waals surface area contributed by atoms with Gasteiger partial charge >= 0.3 is 0 Å². The number of fused-ring (bicyclic) bond motifs is 1. The van der Waals surface area contributed by atoms with Crippen LogP contribution in [0.1, 0.15) is 0 Å². The van der Waals surface area contributed by atoms with Crippen LogP contribution in [0, 0.1) is 0 Å². The first-order chi connectivity index (χ1) is 9.74. The molecule has 1 unspecified atom stereocenters. The quantitative estimate of drug-likeness (QED) is 0.911. The molecular weight excluding hydrogens is 250 g/mol. The summed E-state index contributed by atoms with van der Waals surface area (Å²) in [5.41, 5.74) is 0.985. The lowest BCUT2D eigenvalue weighted by molar-refractivity contribution is 0.122. The van der Waals surface area contributed by atoms with Crippen molar-refractivity contribution >= 4 is 16.7 Å². The van der Waals surface area contributed by atoms with Crippen LogP contribution >= 0.6 is 0 Å². The smallest absolute Gasteiger partial charge is 0.137 e. The first kappa shape index (κ1) is 13.3. The lowest BCUT2D eigenvalue weighted by Crippen LogP contribution is -2.52. The third-order valence-corrected chi connectivity index (χ3v) is 4.03. The van der Waals surface area contributed by atoms with E-state index in [4.69, 9.17) is 0 Å². The molecule has 1 aromatic heterocycles. The Morgan fingerprint density at radius 2 is 2.05 bits per heavy atom. The highest BCUT2D eigenvalue weighted by Crippen LogP contribution is 2.18. The van der Waals surface area contributed by atoms with E-state index in [-0.39, 0.29) is 0 Å².